The Balaban J connectivity index is 1.90. The van der Waals surface area contributed by atoms with Crippen LogP contribution in [0, 0.1) is 12.7 Å². The molecule has 0 spiro atoms. The summed E-state index contributed by atoms with van der Waals surface area (Å²) in [6.07, 6.45) is 1.93. The Hall–Kier alpha value is -0.930. The zero-order valence-electron chi connectivity index (χ0n) is 13.2. The van der Waals surface area contributed by atoms with Crippen molar-refractivity contribution in [2.75, 3.05) is 6.54 Å². The van der Waals surface area contributed by atoms with Crippen LogP contribution in [0.25, 0.3) is 0 Å². The fourth-order valence-corrected chi connectivity index (χ4v) is 3.20. The number of halogens is 1. The molecule has 1 atom stereocenters. The Morgan fingerprint density at radius 3 is 2.55 bits per heavy atom. The van der Waals surface area contributed by atoms with E-state index in [2.05, 4.69) is 33.0 Å². The first-order valence-electron chi connectivity index (χ1n) is 7.38. The molecule has 0 aliphatic carbocycles. The van der Waals surface area contributed by atoms with Gasteiger partial charge in [-0.2, -0.15) is 0 Å². The van der Waals surface area contributed by atoms with Gasteiger partial charge in [-0.1, -0.05) is 6.07 Å². The van der Waals surface area contributed by atoms with Gasteiger partial charge in [0.05, 0.1) is 11.2 Å². The maximum Gasteiger partial charge on any atom is 0.123 e. The first-order chi connectivity index (χ1) is 9.20. The molecule has 112 valence electrons. The average Bonchev–Trinajstić information content (AvgIpc) is 2.49. The van der Waals surface area contributed by atoms with E-state index in [0.717, 1.165) is 24.9 Å². The molecule has 0 amide bonds. The second-order valence-corrected chi connectivity index (χ2v) is 7.00. The predicted molar refractivity (Wildman–Crippen MR) is 80.5 cm³/mol. The topological polar surface area (TPSA) is 21.3 Å². The molecule has 1 fully saturated rings. The molecule has 1 N–H and O–H groups in total. The number of hydrogen-bond acceptors (Lipinski definition) is 2. The summed E-state index contributed by atoms with van der Waals surface area (Å²) >= 11 is 0. The summed E-state index contributed by atoms with van der Waals surface area (Å²) in [6, 6.07) is 5.38. The van der Waals surface area contributed by atoms with Gasteiger partial charge < -0.3 is 10.1 Å². The summed E-state index contributed by atoms with van der Waals surface area (Å²) in [7, 11) is 0. The van der Waals surface area contributed by atoms with E-state index in [9.17, 15) is 4.39 Å². The fraction of sp³-hybridized carbons (Fsp3) is 0.647. The van der Waals surface area contributed by atoms with Crippen LogP contribution in [-0.2, 0) is 11.2 Å². The minimum Gasteiger partial charge on any atom is -0.368 e. The molecule has 20 heavy (non-hydrogen) atoms. The van der Waals surface area contributed by atoms with Crippen LogP contribution in [0.1, 0.15) is 45.2 Å². The van der Waals surface area contributed by atoms with Gasteiger partial charge in [0.15, 0.2) is 0 Å². The molecule has 0 aromatic heterocycles. The lowest BCUT2D eigenvalue weighted by molar-refractivity contribution is -0.0697. The van der Waals surface area contributed by atoms with Crippen molar-refractivity contribution in [2.45, 2.75) is 64.7 Å². The standard InChI is InChI=1S/C17H26FNO/c1-12-10-14(18)7-6-13(12)8-9-19-15-11-16(2,3)20-17(15,4)5/h6-7,10,15,19H,8-9,11H2,1-5H3. The molecule has 1 saturated heterocycles. The van der Waals surface area contributed by atoms with Crippen LogP contribution in [0.3, 0.4) is 0 Å². The van der Waals surface area contributed by atoms with Crippen LogP contribution < -0.4 is 5.32 Å². The van der Waals surface area contributed by atoms with Crippen molar-refractivity contribution < 1.29 is 9.13 Å². The molecule has 0 radical (unpaired) electrons. The average molecular weight is 279 g/mol. The van der Waals surface area contributed by atoms with Gasteiger partial charge in [-0.25, -0.2) is 4.39 Å². The first-order valence-corrected chi connectivity index (χ1v) is 7.38. The molecule has 1 aromatic rings. The lowest BCUT2D eigenvalue weighted by Gasteiger charge is -2.28. The van der Waals surface area contributed by atoms with Crippen LogP contribution in [0.15, 0.2) is 18.2 Å². The lowest BCUT2D eigenvalue weighted by Crippen LogP contribution is -2.44. The van der Waals surface area contributed by atoms with Crippen LogP contribution in [0.5, 0.6) is 0 Å². The highest BCUT2D eigenvalue weighted by Crippen LogP contribution is 2.37. The minimum absolute atomic E-state index is 0.0625. The quantitative estimate of drug-likeness (QED) is 0.909. The first kappa shape index (κ1) is 15.5. The van der Waals surface area contributed by atoms with Crippen LogP contribution >= 0.6 is 0 Å². The number of ether oxygens (including phenoxy) is 1. The third-order valence-electron chi connectivity index (χ3n) is 4.16. The predicted octanol–water partition coefficient (Wildman–Crippen LogP) is 3.61. The largest absolute Gasteiger partial charge is 0.368 e. The van der Waals surface area contributed by atoms with Crippen molar-refractivity contribution in [3.8, 4) is 0 Å². The van der Waals surface area contributed by atoms with E-state index in [4.69, 9.17) is 4.74 Å². The molecule has 1 aromatic carbocycles. The van der Waals surface area contributed by atoms with Gasteiger partial charge >= 0.3 is 0 Å². The molecule has 1 aliphatic heterocycles. The molecule has 1 unspecified atom stereocenters. The Bertz CT molecular complexity index is 482. The molecule has 2 rings (SSSR count). The van der Waals surface area contributed by atoms with Gasteiger partial charge in [0.25, 0.3) is 0 Å². The highest BCUT2D eigenvalue weighted by Gasteiger charge is 2.45. The number of nitrogens with one attached hydrogen (secondary N) is 1. The molecular formula is C17H26FNO. The monoisotopic (exact) mass is 279 g/mol. The van der Waals surface area contributed by atoms with Crippen LogP contribution in [-0.4, -0.2) is 23.8 Å². The van der Waals surface area contributed by atoms with Gasteiger partial charge in [0, 0.05) is 6.04 Å². The van der Waals surface area contributed by atoms with Crippen molar-refractivity contribution in [1.82, 2.24) is 5.32 Å². The van der Waals surface area contributed by atoms with Gasteiger partial charge in [-0.15, -0.1) is 0 Å². The summed E-state index contributed by atoms with van der Waals surface area (Å²) in [6.45, 7) is 11.4. The van der Waals surface area contributed by atoms with Gasteiger partial charge in [-0.05, 0) is 77.3 Å². The van der Waals surface area contributed by atoms with E-state index in [0.29, 0.717) is 6.04 Å². The van der Waals surface area contributed by atoms with Crippen molar-refractivity contribution in [3.05, 3.63) is 35.1 Å². The fourth-order valence-electron chi connectivity index (χ4n) is 3.20. The highest BCUT2D eigenvalue weighted by molar-refractivity contribution is 5.26. The second kappa shape index (κ2) is 5.45. The molecule has 1 aliphatic rings. The summed E-state index contributed by atoms with van der Waals surface area (Å²) in [5, 5.41) is 3.60. The molecule has 3 heteroatoms. The molecule has 1 heterocycles. The summed E-state index contributed by atoms with van der Waals surface area (Å²) in [4.78, 5) is 0. The third-order valence-corrected chi connectivity index (χ3v) is 4.16. The molecule has 0 saturated carbocycles. The number of hydrogen-bond donors (Lipinski definition) is 1. The van der Waals surface area contributed by atoms with Crippen molar-refractivity contribution in [1.29, 1.82) is 0 Å². The Morgan fingerprint density at radius 2 is 2.00 bits per heavy atom. The van der Waals surface area contributed by atoms with Crippen LogP contribution in [0.4, 0.5) is 4.39 Å². The van der Waals surface area contributed by atoms with E-state index >= 15 is 0 Å². The number of aryl methyl sites for hydroxylation is 1. The van der Waals surface area contributed by atoms with Crippen molar-refractivity contribution >= 4 is 0 Å². The van der Waals surface area contributed by atoms with Gasteiger partial charge in [0.2, 0.25) is 0 Å². The lowest BCUT2D eigenvalue weighted by atomic mass is 9.94. The normalized spacial score (nSPS) is 24.0. The van der Waals surface area contributed by atoms with E-state index in [1.54, 1.807) is 6.07 Å². The van der Waals surface area contributed by atoms with E-state index in [1.165, 1.54) is 11.6 Å². The minimum atomic E-state index is -0.161. The number of rotatable bonds is 4. The van der Waals surface area contributed by atoms with Crippen molar-refractivity contribution in [3.63, 3.8) is 0 Å². The Labute approximate surface area is 121 Å². The Morgan fingerprint density at radius 1 is 1.30 bits per heavy atom. The van der Waals surface area contributed by atoms with E-state index in [1.807, 2.05) is 13.0 Å². The van der Waals surface area contributed by atoms with E-state index in [-0.39, 0.29) is 17.0 Å². The molecule has 2 nitrogen and oxygen atoms in total. The maximum atomic E-state index is 13.1. The van der Waals surface area contributed by atoms with E-state index < -0.39 is 0 Å². The second-order valence-electron chi connectivity index (χ2n) is 7.00. The summed E-state index contributed by atoms with van der Waals surface area (Å²) < 4.78 is 19.1. The maximum absolute atomic E-state index is 13.1. The molecular weight excluding hydrogens is 253 g/mol. The zero-order valence-corrected chi connectivity index (χ0v) is 13.2. The van der Waals surface area contributed by atoms with Gasteiger partial charge in [0.1, 0.15) is 5.82 Å². The summed E-state index contributed by atoms with van der Waals surface area (Å²) in [5.74, 6) is -0.161. The highest BCUT2D eigenvalue weighted by atomic mass is 19.1. The number of benzene rings is 1. The smallest absolute Gasteiger partial charge is 0.123 e. The van der Waals surface area contributed by atoms with Crippen molar-refractivity contribution in [2.24, 2.45) is 0 Å². The Kier molecular flexibility index (Phi) is 4.22. The molecule has 0 bridgehead atoms. The SMILES string of the molecule is Cc1cc(F)ccc1CCNC1CC(C)(C)OC1(C)C. The summed E-state index contributed by atoms with van der Waals surface area (Å²) in [5.41, 5.74) is 2.03. The zero-order chi connectivity index (χ0) is 15.0. The van der Waals surface area contributed by atoms with Crippen LogP contribution in [0.2, 0.25) is 0 Å². The third kappa shape index (κ3) is 3.58. The van der Waals surface area contributed by atoms with Gasteiger partial charge in [-0.3, -0.25) is 0 Å².